The van der Waals surface area contributed by atoms with Crippen molar-refractivity contribution in [1.82, 2.24) is 4.57 Å². The smallest absolute Gasteiger partial charge is 0.119 e. The standard InChI is InChI=1S/C31H41NO2/c1-3-4-5-6-25-8-10-27(11-9-25)23-34-30-18-12-26(13-19-30)21-22-32-24(2)7-20-31(32)28-14-16-29(33)17-15-28/h7,12-20,25,27,33H,3-6,8-11,21-23H2,1-2H3. The van der Waals surface area contributed by atoms with E-state index in [2.05, 4.69) is 54.8 Å². The maximum absolute atomic E-state index is 9.59. The molecule has 2 aromatic carbocycles. The number of benzene rings is 2. The van der Waals surface area contributed by atoms with Crippen LogP contribution in [0.5, 0.6) is 11.5 Å². The molecule has 0 saturated heterocycles. The summed E-state index contributed by atoms with van der Waals surface area (Å²) in [5.74, 6) is 2.98. The van der Waals surface area contributed by atoms with E-state index in [1.807, 2.05) is 12.1 Å². The van der Waals surface area contributed by atoms with E-state index in [1.54, 1.807) is 12.1 Å². The molecule has 3 aromatic rings. The van der Waals surface area contributed by atoms with Gasteiger partial charge in [0, 0.05) is 17.9 Å². The van der Waals surface area contributed by atoms with Crippen molar-refractivity contribution in [2.24, 2.45) is 11.8 Å². The highest BCUT2D eigenvalue weighted by Crippen LogP contribution is 2.32. The van der Waals surface area contributed by atoms with Crippen LogP contribution in [0.2, 0.25) is 0 Å². The van der Waals surface area contributed by atoms with Gasteiger partial charge in [0.05, 0.1) is 6.61 Å². The molecule has 0 unspecified atom stereocenters. The quantitative estimate of drug-likeness (QED) is 0.293. The molecule has 0 bridgehead atoms. The molecule has 34 heavy (non-hydrogen) atoms. The Morgan fingerprint density at radius 1 is 0.853 bits per heavy atom. The zero-order chi connectivity index (χ0) is 23.8. The Bertz CT molecular complexity index is 995. The minimum absolute atomic E-state index is 0.302. The Balaban J connectivity index is 1.24. The number of aromatic hydroxyl groups is 1. The first-order valence-electron chi connectivity index (χ1n) is 13.3. The van der Waals surface area contributed by atoms with E-state index in [0.717, 1.165) is 42.7 Å². The summed E-state index contributed by atoms with van der Waals surface area (Å²) in [4.78, 5) is 0. The molecular weight excluding hydrogens is 418 g/mol. The van der Waals surface area contributed by atoms with Crippen molar-refractivity contribution in [1.29, 1.82) is 0 Å². The summed E-state index contributed by atoms with van der Waals surface area (Å²) in [7, 11) is 0. The van der Waals surface area contributed by atoms with E-state index < -0.39 is 0 Å². The van der Waals surface area contributed by atoms with Crippen molar-refractivity contribution in [2.45, 2.75) is 78.2 Å². The van der Waals surface area contributed by atoms with E-state index >= 15 is 0 Å². The van der Waals surface area contributed by atoms with Gasteiger partial charge in [-0.1, -0.05) is 57.6 Å². The average Bonchev–Trinajstić information content (AvgIpc) is 3.23. The van der Waals surface area contributed by atoms with Crippen LogP contribution < -0.4 is 4.74 Å². The molecule has 1 aliphatic rings. The predicted octanol–water partition coefficient (Wildman–Crippen LogP) is 8.18. The first-order valence-corrected chi connectivity index (χ1v) is 13.3. The van der Waals surface area contributed by atoms with Gasteiger partial charge >= 0.3 is 0 Å². The van der Waals surface area contributed by atoms with Gasteiger partial charge in [0.15, 0.2) is 0 Å². The predicted molar refractivity (Wildman–Crippen MR) is 142 cm³/mol. The highest BCUT2D eigenvalue weighted by Gasteiger charge is 2.21. The number of aryl methyl sites for hydroxylation is 2. The number of aromatic nitrogens is 1. The fourth-order valence-electron chi connectivity index (χ4n) is 5.33. The molecule has 182 valence electrons. The van der Waals surface area contributed by atoms with E-state index in [-0.39, 0.29) is 0 Å². The summed E-state index contributed by atoms with van der Waals surface area (Å²) >= 11 is 0. The van der Waals surface area contributed by atoms with Crippen LogP contribution in [0.25, 0.3) is 11.3 Å². The zero-order valence-electron chi connectivity index (χ0n) is 21.0. The molecule has 1 aromatic heterocycles. The van der Waals surface area contributed by atoms with Crippen molar-refractivity contribution in [3.05, 3.63) is 71.9 Å². The van der Waals surface area contributed by atoms with Gasteiger partial charge in [0.25, 0.3) is 0 Å². The lowest BCUT2D eigenvalue weighted by Crippen LogP contribution is -2.20. The number of phenols is 1. The van der Waals surface area contributed by atoms with Crippen LogP contribution >= 0.6 is 0 Å². The van der Waals surface area contributed by atoms with Crippen LogP contribution in [0.15, 0.2) is 60.7 Å². The summed E-state index contributed by atoms with van der Waals surface area (Å²) in [5, 5.41) is 9.59. The Kier molecular flexibility index (Phi) is 8.73. The second kappa shape index (κ2) is 12.1. The highest BCUT2D eigenvalue weighted by molar-refractivity contribution is 5.61. The van der Waals surface area contributed by atoms with Crippen molar-refractivity contribution >= 4 is 0 Å². The molecule has 0 spiro atoms. The summed E-state index contributed by atoms with van der Waals surface area (Å²) < 4.78 is 8.52. The third-order valence-electron chi connectivity index (χ3n) is 7.58. The normalized spacial score (nSPS) is 18.2. The van der Waals surface area contributed by atoms with Crippen molar-refractivity contribution in [2.75, 3.05) is 6.61 Å². The lowest BCUT2D eigenvalue weighted by atomic mass is 9.80. The summed E-state index contributed by atoms with van der Waals surface area (Å²) in [6.07, 6.45) is 12.0. The SMILES string of the molecule is CCCCCC1CCC(COc2ccc(CCn3c(C)ccc3-c3ccc(O)cc3)cc2)CC1. The van der Waals surface area contributed by atoms with E-state index in [9.17, 15) is 5.11 Å². The zero-order valence-corrected chi connectivity index (χ0v) is 21.0. The Morgan fingerprint density at radius 2 is 1.56 bits per heavy atom. The maximum Gasteiger partial charge on any atom is 0.119 e. The van der Waals surface area contributed by atoms with Crippen molar-refractivity contribution < 1.29 is 9.84 Å². The number of unbranched alkanes of at least 4 members (excludes halogenated alkanes) is 2. The first kappa shape index (κ1) is 24.4. The molecule has 4 rings (SSSR count). The Morgan fingerprint density at radius 3 is 2.26 bits per heavy atom. The van der Waals surface area contributed by atoms with E-state index in [4.69, 9.17) is 4.74 Å². The average molecular weight is 460 g/mol. The fourth-order valence-corrected chi connectivity index (χ4v) is 5.33. The molecule has 3 heteroatoms. The molecule has 0 atom stereocenters. The third-order valence-corrected chi connectivity index (χ3v) is 7.58. The molecule has 3 nitrogen and oxygen atoms in total. The van der Waals surface area contributed by atoms with Crippen molar-refractivity contribution in [3.63, 3.8) is 0 Å². The number of ether oxygens (including phenoxy) is 1. The summed E-state index contributed by atoms with van der Waals surface area (Å²) in [5.41, 5.74) is 4.90. The Hall–Kier alpha value is -2.68. The number of hydrogen-bond acceptors (Lipinski definition) is 2. The second-order valence-corrected chi connectivity index (χ2v) is 10.1. The molecule has 1 fully saturated rings. The molecular formula is C31H41NO2. The van der Waals surface area contributed by atoms with Gasteiger partial charge in [-0.2, -0.15) is 0 Å². The maximum atomic E-state index is 9.59. The Labute approximate surface area is 205 Å². The molecule has 0 aliphatic heterocycles. The number of hydrogen-bond donors (Lipinski definition) is 1. The van der Waals surface area contributed by atoms with Gasteiger partial charge in [-0.05, 0) is 97.7 Å². The largest absolute Gasteiger partial charge is 0.508 e. The first-order chi connectivity index (χ1) is 16.6. The monoisotopic (exact) mass is 459 g/mol. The van der Waals surface area contributed by atoms with Crippen LogP contribution in [0.3, 0.4) is 0 Å². The molecule has 1 N–H and O–H groups in total. The summed E-state index contributed by atoms with van der Waals surface area (Å²) in [6.45, 7) is 6.23. The van der Waals surface area contributed by atoms with Gasteiger partial charge < -0.3 is 14.4 Å². The highest BCUT2D eigenvalue weighted by atomic mass is 16.5. The molecule has 0 radical (unpaired) electrons. The van der Waals surface area contributed by atoms with Gasteiger partial charge in [-0.15, -0.1) is 0 Å². The molecule has 1 aliphatic carbocycles. The second-order valence-electron chi connectivity index (χ2n) is 10.1. The number of nitrogens with zero attached hydrogens (tertiary/aromatic N) is 1. The lowest BCUT2D eigenvalue weighted by molar-refractivity contribution is 0.177. The topological polar surface area (TPSA) is 34.4 Å². The molecule has 0 amide bonds. The number of rotatable bonds is 11. The number of phenolic OH excluding ortho intramolecular Hbond substituents is 1. The van der Waals surface area contributed by atoms with Crippen LogP contribution in [0, 0.1) is 18.8 Å². The van der Waals surface area contributed by atoms with Crippen molar-refractivity contribution in [3.8, 4) is 22.8 Å². The van der Waals surface area contributed by atoms with Gasteiger partial charge in [0.2, 0.25) is 0 Å². The summed E-state index contributed by atoms with van der Waals surface area (Å²) in [6, 6.07) is 20.5. The van der Waals surface area contributed by atoms with E-state index in [1.165, 1.54) is 68.3 Å². The van der Waals surface area contributed by atoms with E-state index in [0.29, 0.717) is 5.75 Å². The fraction of sp³-hybridized carbons (Fsp3) is 0.484. The van der Waals surface area contributed by atoms with Gasteiger partial charge in [0.1, 0.15) is 11.5 Å². The minimum Gasteiger partial charge on any atom is -0.508 e. The minimum atomic E-state index is 0.302. The van der Waals surface area contributed by atoms with Crippen LogP contribution in [-0.4, -0.2) is 16.3 Å². The molecule has 1 heterocycles. The van der Waals surface area contributed by atoms with Crippen LogP contribution in [0.4, 0.5) is 0 Å². The lowest BCUT2D eigenvalue weighted by Gasteiger charge is -2.28. The van der Waals surface area contributed by atoms with Gasteiger partial charge in [-0.25, -0.2) is 0 Å². The van der Waals surface area contributed by atoms with Gasteiger partial charge in [-0.3, -0.25) is 0 Å². The van der Waals surface area contributed by atoms with Crippen LogP contribution in [-0.2, 0) is 13.0 Å². The van der Waals surface area contributed by atoms with Crippen LogP contribution in [0.1, 0.15) is 69.5 Å². The molecule has 1 saturated carbocycles. The third kappa shape index (κ3) is 6.68.